The van der Waals surface area contributed by atoms with E-state index in [4.69, 9.17) is 10.5 Å². The van der Waals surface area contributed by atoms with Gasteiger partial charge in [0.25, 0.3) is 0 Å². The first-order valence-corrected chi connectivity index (χ1v) is 7.71. The summed E-state index contributed by atoms with van der Waals surface area (Å²) in [6, 6.07) is 16.5. The van der Waals surface area contributed by atoms with Crippen LogP contribution in [0.5, 0.6) is 5.75 Å². The van der Waals surface area contributed by atoms with E-state index in [9.17, 15) is 5.26 Å². The summed E-state index contributed by atoms with van der Waals surface area (Å²) in [7, 11) is 1.66. The zero-order valence-corrected chi connectivity index (χ0v) is 12.9. The average molecular weight is 303 g/mol. The summed E-state index contributed by atoms with van der Waals surface area (Å²) in [5, 5.41) is 10.7. The van der Waals surface area contributed by atoms with Gasteiger partial charge in [0.1, 0.15) is 11.8 Å². The summed E-state index contributed by atoms with van der Waals surface area (Å²) >= 11 is 0. The molecule has 1 aliphatic rings. The number of nitriles is 1. The highest BCUT2D eigenvalue weighted by Gasteiger charge is 2.30. The average Bonchev–Trinajstić information content (AvgIpc) is 3.36. The van der Waals surface area contributed by atoms with Gasteiger partial charge in [-0.25, -0.2) is 0 Å². The van der Waals surface area contributed by atoms with Gasteiger partial charge in [0.15, 0.2) is 0 Å². The van der Waals surface area contributed by atoms with Crippen LogP contribution in [0.15, 0.2) is 42.5 Å². The Hall–Kier alpha value is -2.93. The Kier molecular flexibility index (Phi) is 3.02. The predicted molar refractivity (Wildman–Crippen MR) is 91.3 cm³/mol. The number of methoxy groups -OCH3 is 1. The molecule has 23 heavy (non-hydrogen) atoms. The molecule has 0 radical (unpaired) electrons. The summed E-state index contributed by atoms with van der Waals surface area (Å²) in [6.07, 6.45) is 2.29. The Morgan fingerprint density at radius 2 is 1.91 bits per heavy atom. The zero-order chi connectivity index (χ0) is 16.0. The van der Waals surface area contributed by atoms with Gasteiger partial charge in [0.05, 0.1) is 23.9 Å². The van der Waals surface area contributed by atoms with Gasteiger partial charge in [-0.1, -0.05) is 12.1 Å². The lowest BCUT2D eigenvalue weighted by Gasteiger charge is -2.11. The molecule has 0 saturated heterocycles. The van der Waals surface area contributed by atoms with E-state index in [-0.39, 0.29) is 0 Å². The molecule has 114 valence electrons. The quantitative estimate of drug-likeness (QED) is 0.741. The highest BCUT2D eigenvalue weighted by Crippen LogP contribution is 2.45. The summed E-state index contributed by atoms with van der Waals surface area (Å²) < 4.78 is 7.66. The zero-order valence-electron chi connectivity index (χ0n) is 12.9. The molecule has 0 aliphatic heterocycles. The smallest absolute Gasteiger partial charge is 0.120 e. The standard InChI is InChI=1S/C19H17N3O/c1-23-15-8-9-16-17(11-20)19(12-2-4-13(21)5-3-12)22(14-6-7-14)18(16)10-15/h2-5,8-10,14H,6-7,21H2,1H3. The molecule has 0 amide bonds. The predicted octanol–water partition coefficient (Wildman–Crippen LogP) is 4.11. The van der Waals surface area contributed by atoms with E-state index < -0.39 is 0 Å². The molecule has 4 heteroatoms. The first kappa shape index (κ1) is 13.7. The maximum absolute atomic E-state index is 9.76. The third-order valence-electron chi connectivity index (χ3n) is 4.42. The van der Waals surface area contributed by atoms with Crippen LogP contribution in [0.2, 0.25) is 0 Å². The largest absolute Gasteiger partial charge is 0.497 e. The first-order valence-electron chi connectivity index (χ1n) is 7.71. The van der Waals surface area contributed by atoms with Crippen LogP contribution in [0.1, 0.15) is 24.4 Å². The SMILES string of the molecule is COc1ccc2c(C#N)c(-c3ccc(N)cc3)n(C3CC3)c2c1. The number of nitrogens with two attached hydrogens (primary N) is 1. The van der Waals surface area contributed by atoms with Crippen molar-refractivity contribution in [2.75, 3.05) is 12.8 Å². The van der Waals surface area contributed by atoms with Gasteiger partial charge < -0.3 is 15.0 Å². The number of hydrogen-bond acceptors (Lipinski definition) is 3. The van der Waals surface area contributed by atoms with Crippen LogP contribution in [0.3, 0.4) is 0 Å². The van der Waals surface area contributed by atoms with E-state index in [0.29, 0.717) is 6.04 Å². The van der Waals surface area contributed by atoms with E-state index in [1.807, 2.05) is 42.5 Å². The Morgan fingerprint density at radius 1 is 1.17 bits per heavy atom. The number of ether oxygens (including phenoxy) is 1. The number of fused-ring (bicyclic) bond motifs is 1. The summed E-state index contributed by atoms with van der Waals surface area (Å²) in [4.78, 5) is 0. The van der Waals surface area contributed by atoms with Crippen LogP contribution in [0, 0.1) is 11.3 Å². The monoisotopic (exact) mass is 303 g/mol. The molecule has 0 unspecified atom stereocenters. The molecule has 0 spiro atoms. The third kappa shape index (κ3) is 2.13. The van der Waals surface area contributed by atoms with Crippen LogP contribution in [-0.4, -0.2) is 11.7 Å². The van der Waals surface area contributed by atoms with Crippen LogP contribution >= 0.6 is 0 Å². The van der Waals surface area contributed by atoms with E-state index in [1.165, 1.54) is 0 Å². The Labute approximate surface area is 134 Å². The minimum absolute atomic E-state index is 0.458. The number of benzene rings is 2. The van der Waals surface area contributed by atoms with Crippen LogP contribution in [0.4, 0.5) is 5.69 Å². The normalized spacial score (nSPS) is 13.9. The molecular formula is C19H17N3O. The van der Waals surface area contributed by atoms with E-state index in [0.717, 1.165) is 52.0 Å². The van der Waals surface area contributed by atoms with Gasteiger partial charge in [-0.2, -0.15) is 5.26 Å². The third-order valence-corrected chi connectivity index (χ3v) is 4.42. The lowest BCUT2D eigenvalue weighted by molar-refractivity contribution is 0.415. The Bertz CT molecular complexity index is 928. The van der Waals surface area contributed by atoms with Crippen molar-refractivity contribution in [2.24, 2.45) is 0 Å². The molecule has 3 aromatic rings. The number of nitrogen functional groups attached to an aromatic ring is 1. The van der Waals surface area contributed by atoms with Crippen molar-refractivity contribution in [3.8, 4) is 23.1 Å². The Balaban J connectivity index is 2.07. The van der Waals surface area contributed by atoms with Crippen molar-refractivity contribution in [1.82, 2.24) is 4.57 Å². The summed E-state index contributed by atoms with van der Waals surface area (Å²) in [6.45, 7) is 0. The molecule has 4 rings (SSSR count). The molecule has 4 nitrogen and oxygen atoms in total. The molecule has 1 heterocycles. The minimum Gasteiger partial charge on any atom is -0.497 e. The van der Waals surface area contributed by atoms with Crippen LogP contribution < -0.4 is 10.5 Å². The maximum Gasteiger partial charge on any atom is 0.120 e. The number of nitrogens with zero attached hydrogens (tertiary/aromatic N) is 2. The van der Waals surface area contributed by atoms with Crippen molar-refractivity contribution in [2.45, 2.75) is 18.9 Å². The second-order valence-corrected chi connectivity index (χ2v) is 5.94. The highest BCUT2D eigenvalue weighted by molar-refractivity contribution is 5.95. The van der Waals surface area contributed by atoms with E-state index >= 15 is 0 Å². The molecule has 1 aromatic heterocycles. The second-order valence-electron chi connectivity index (χ2n) is 5.94. The Morgan fingerprint density at radius 3 is 2.52 bits per heavy atom. The number of aromatic nitrogens is 1. The second kappa shape index (κ2) is 5.06. The molecule has 1 aliphatic carbocycles. The topological polar surface area (TPSA) is 64.0 Å². The molecule has 1 saturated carbocycles. The first-order chi connectivity index (χ1) is 11.2. The molecule has 2 aromatic carbocycles. The van der Waals surface area contributed by atoms with Gasteiger partial charge in [0.2, 0.25) is 0 Å². The summed E-state index contributed by atoms with van der Waals surface area (Å²) in [5.41, 5.74) is 10.3. The van der Waals surface area contributed by atoms with E-state index in [1.54, 1.807) is 7.11 Å². The molecule has 0 atom stereocenters. The van der Waals surface area contributed by atoms with Crippen molar-refractivity contribution in [1.29, 1.82) is 5.26 Å². The van der Waals surface area contributed by atoms with Crippen molar-refractivity contribution in [3.05, 3.63) is 48.0 Å². The molecule has 0 bridgehead atoms. The van der Waals surface area contributed by atoms with Gasteiger partial charge in [-0.05, 0) is 42.7 Å². The van der Waals surface area contributed by atoms with Crippen molar-refractivity contribution >= 4 is 16.6 Å². The fourth-order valence-electron chi connectivity index (χ4n) is 3.17. The molecule has 2 N–H and O–H groups in total. The van der Waals surface area contributed by atoms with Crippen molar-refractivity contribution < 1.29 is 4.74 Å². The lowest BCUT2D eigenvalue weighted by Crippen LogP contribution is -1.98. The fourth-order valence-corrected chi connectivity index (χ4v) is 3.17. The molecule has 1 fully saturated rings. The van der Waals surface area contributed by atoms with Crippen LogP contribution in [0.25, 0.3) is 22.2 Å². The van der Waals surface area contributed by atoms with Gasteiger partial charge in [-0.15, -0.1) is 0 Å². The van der Waals surface area contributed by atoms with Crippen LogP contribution in [-0.2, 0) is 0 Å². The number of anilines is 1. The fraction of sp³-hybridized carbons (Fsp3) is 0.211. The van der Waals surface area contributed by atoms with Gasteiger partial charge in [-0.3, -0.25) is 0 Å². The maximum atomic E-state index is 9.76. The van der Waals surface area contributed by atoms with Crippen molar-refractivity contribution in [3.63, 3.8) is 0 Å². The van der Waals surface area contributed by atoms with E-state index in [2.05, 4.69) is 10.6 Å². The highest BCUT2D eigenvalue weighted by atomic mass is 16.5. The number of rotatable bonds is 3. The van der Waals surface area contributed by atoms with Gasteiger partial charge >= 0.3 is 0 Å². The lowest BCUT2D eigenvalue weighted by atomic mass is 10.1. The summed E-state index contributed by atoms with van der Waals surface area (Å²) in [5.74, 6) is 0.810. The van der Waals surface area contributed by atoms with Gasteiger partial charge in [0, 0.05) is 23.2 Å². The minimum atomic E-state index is 0.458. The molecular weight excluding hydrogens is 286 g/mol. The number of hydrogen-bond donors (Lipinski definition) is 1.